The summed E-state index contributed by atoms with van der Waals surface area (Å²) in [6.07, 6.45) is -3.22. The topological polar surface area (TPSA) is 92.8 Å². The van der Waals surface area contributed by atoms with E-state index in [0.29, 0.717) is 5.56 Å². The van der Waals surface area contributed by atoms with Crippen molar-refractivity contribution in [3.05, 3.63) is 35.1 Å². The Hall–Kier alpha value is -1.50. The van der Waals surface area contributed by atoms with Gasteiger partial charge in [-0.05, 0) is 30.2 Å². The molecule has 1 rings (SSSR count). The Morgan fingerprint density at radius 3 is 2.72 bits per heavy atom. The summed E-state index contributed by atoms with van der Waals surface area (Å²) in [5, 5.41) is 19.5. The van der Waals surface area contributed by atoms with Gasteiger partial charge < -0.3 is 20.7 Å². The molecule has 0 aliphatic rings. The molecule has 0 spiro atoms. The molecule has 2 atom stereocenters. The van der Waals surface area contributed by atoms with Crippen LogP contribution in [0.1, 0.15) is 24.2 Å². The molecule has 100 valence electrons. The van der Waals surface area contributed by atoms with Gasteiger partial charge in [0.15, 0.2) is 6.10 Å². The van der Waals surface area contributed by atoms with Crippen molar-refractivity contribution in [2.24, 2.45) is 5.73 Å². The van der Waals surface area contributed by atoms with Crippen molar-refractivity contribution >= 4 is 5.97 Å². The SMILES string of the molecule is CCOC(=O)C(O)C(O)c1ccc(F)cc1CN. The average Bonchev–Trinajstić information content (AvgIpc) is 2.37. The molecule has 0 bridgehead atoms. The normalized spacial score (nSPS) is 14.1. The highest BCUT2D eigenvalue weighted by molar-refractivity contribution is 5.75. The molecule has 0 amide bonds. The lowest BCUT2D eigenvalue weighted by molar-refractivity contribution is -0.159. The van der Waals surface area contributed by atoms with E-state index in [4.69, 9.17) is 5.73 Å². The lowest BCUT2D eigenvalue weighted by Gasteiger charge is -2.19. The molecule has 0 heterocycles. The van der Waals surface area contributed by atoms with Crippen LogP contribution >= 0.6 is 0 Å². The van der Waals surface area contributed by atoms with Gasteiger partial charge in [0, 0.05) is 6.54 Å². The van der Waals surface area contributed by atoms with Crippen LogP contribution in [0, 0.1) is 5.82 Å². The predicted octanol–water partition coefficient (Wildman–Crippen LogP) is 0.242. The maximum Gasteiger partial charge on any atom is 0.338 e. The first kappa shape index (κ1) is 14.6. The van der Waals surface area contributed by atoms with Gasteiger partial charge >= 0.3 is 5.97 Å². The number of nitrogens with two attached hydrogens (primary N) is 1. The second-order valence-corrected chi connectivity index (χ2v) is 3.69. The molecule has 6 heteroatoms. The minimum atomic E-state index is -1.72. The van der Waals surface area contributed by atoms with E-state index in [-0.39, 0.29) is 18.7 Å². The van der Waals surface area contributed by atoms with Crippen molar-refractivity contribution in [3.8, 4) is 0 Å². The van der Waals surface area contributed by atoms with Crippen LogP contribution in [0.15, 0.2) is 18.2 Å². The van der Waals surface area contributed by atoms with Crippen molar-refractivity contribution in [3.63, 3.8) is 0 Å². The van der Waals surface area contributed by atoms with Gasteiger partial charge in [-0.3, -0.25) is 0 Å². The maximum absolute atomic E-state index is 13.0. The molecule has 0 aliphatic heterocycles. The molecule has 0 radical (unpaired) electrons. The van der Waals surface area contributed by atoms with Gasteiger partial charge in [-0.1, -0.05) is 6.07 Å². The highest BCUT2D eigenvalue weighted by Crippen LogP contribution is 2.22. The summed E-state index contributed by atoms with van der Waals surface area (Å²) < 4.78 is 17.6. The van der Waals surface area contributed by atoms with Gasteiger partial charge in [0.2, 0.25) is 0 Å². The van der Waals surface area contributed by atoms with Crippen LogP contribution in [0.25, 0.3) is 0 Å². The van der Waals surface area contributed by atoms with Crippen LogP contribution in [-0.4, -0.2) is 28.9 Å². The van der Waals surface area contributed by atoms with Gasteiger partial charge in [0.1, 0.15) is 11.9 Å². The summed E-state index contributed by atoms with van der Waals surface area (Å²) in [6.45, 7) is 1.66. The zero-order chi connectivity index (χ0) is 13.7. The van der Waals surface area contributed by atoms with Crippen molar-refractivity contribution in [2.75, 3.05) is 6.61 Å². The largest absolute Gasteiger partial charge is 0.464 e. The molecule has 2 unspecified atom stereocenters. The third-order valence-electron chi connectivity index (χ3n) is 2.47. The van der Waals surface area contributed by atoms with E-state index in [9.17, 15) is 19.4 Å². The summed E-state index contributed by atoms with van der Waals surface area (Å²) in [4.78, 5) is 11.3. The molecule has 0 fully saturated rings. The highest BCUT2D eigenvalue weighted by atomic mass is 19.1. The fraction of sp³-hybridized carbons (Fsp3) is 0.417. The number of benzene rings is 1. The van der Waals surface area contributed by atoms with E-state index < -0.39 is 24.0 Å². The van der Waals surface area contributed by atoms with Crippen LogP contribution in [0.5, 0.6) is 0 Å². The number of aliphatic hydroxyl groups excluding tert-OH is 2. The molecule has 1 aromatic rings. The lowest BCUT2D eigenvalue weighted by atomic mass is 9.98. The van der Waals surface area contributed by atoms with Crippen LogP contribution in [0.4, 0.5) is 4.39 Å². The number of carbonyl (C=O) groups is 1. The molecule has 5 nitrogen and oxygen atoms in total. The monoisotopic (exact) mass is 257 g/mol. The maximum atomic E-state index is 13.0. The Balaban J connectivity index is 2.95. The van der Waals surface area contributed by atoms with Crippen molar-refractivity contribution in [1.29, 1.82) is 0 Å². The molecular weight excluding hydrogens is 241 g/mol. The summed E-state index contributed by atoms with van der Waals surface area (Å²) in [5.41, 5.74) is 5.95. The van der Waals surface area contributed by atoms with Crippen LogP contribution in [0.2, 0.25) is 0 Å². The minimum absolute atomic E-state index is 0.0142. The number of aliphatic hydroxyl groups is 2. The Morgan fingerprint density at radius 1 is 1.50 bits per heavy atom. The number of rotatable bonds is 5. The minimum Gasteiger partial charge on any atom is -0.464 e. The molecular formula is C12H16FNO4. The van der Waals surface area contributed by atoms with Crippen LogP contribution < -0.4 is 5.73 Å². The number of esters is 1. The number of hydrogen-bond acceptors (Lipinski definition) is 5. The van der Waals surface area contributed by atoms with Gasteiger partial charge in [-0.25, -0.2) is 9.18 Å². The molecule has 18 heavy (non-hydrogen) atoms. The number of ether oxygens (including phenoxy) is 1. The zero-order valence-corrected chi connectivity index (χ0v) is 9.97. The molecule has 0 aliphatic carbocycles. The third-order valence-corrected chi connectivity index (χ3v) is 2.47. The Labute approximate surface area is 104 Å². The zero-order valence-electron chi connectivity index (χ0n) is 9.97. The first-order chi connectivity index (χ1) is 8.51. The number of carbonyl (C=O) groups excluding carboxylic acids is 1. The third kappa shape index (κ3) is 3.25. The van der Waals surface area contributed by atoms with Crippen molar-refractivity contribution in [2.45, 2.75) is 25.7 Å². The van der Waals surface area contributed by atoms with E-state index in [1.807, 2.05) is 0 Å². The van der Waals surface area contributed by atoms with E-state index >= 15 is 0 Å². The number of halogens is 1. The fourth-order valence-corrected chi connectivity index (χ4v) is 1.57. The average molecular weight is 257 g/mol. The second kappa shape index (κ2) is 6.44. The molecule has 0 aromatic heterocycles. The van der Waals surface area contributed by atoms with Gasteiger partial charge in [-0.2, -0.15) is 0 Å². The van der Waals surface area contributed by atoms with Gasteiger partial charge in [0.25, 0.3) is 0 Å². The molecule has 1 aromatic carbocycles. The van der Waals surface area contributed by atoms with E-state index in [1.165, 1.54) is 6.07 Å². The van der Waals surface area contributed by atoms with E-state index in [2.05, 4.69) is 4.74 Å². The number of hydrogen-bond donors (Lipinski definition) is 3. The predicted molar refractivity (Wildman–Crippen MR) is 61.9 cm³/mol. The molecule has 0 saturated carbocycles. The first-order valence-corrected chi connectivity index (χ1v) is 5.52. The fourth-order valence-electron chi connectivity index (χ4n) is 1.57. The summed E-state index contributed by atoms with van der Waals surface area (Å²) in [6, 6.07) is 3.55. The van der Waals surface area contributed by atoms with Crippen LogP contribution in [0.3, 0.4) is 0 Å². The van der Waals surface area contributed by atoms with Gasteiger partial charge in [0.05, 0.1) is 6.61 Å². The second-order valence-electron chi connectivity index (χ2n) is 3.69. The Morgan fingerprint density at radius 2 is 2.17 bits per heavy atom. The summed E-state index contributed by atoms with van der Waals surface area (Å²) in [7, 11) is 0. The summed E-state index contributed by atoms with van der Waals surface area (Å²) >= 11 is 0. The first-order valence-electron chi connectivity index (χ1n) is 5.52. The standard InChI is InChI=1S/C12H16FNO4/c1-2-18-12(17)11(16)10(15)9-4-3-8(13)5-7(9)6-14/h3-5,10-11,15-16H,2,6,14H2,1H3. The Bertz CT molecular complexity index is 425. The highest BCUT2D eigenvalue weighted by Gasteiger charge is 2.28. The summed E-state index contributed by atoms with van der Waals surface area (Å²) in [5.74, 6) is -1.44. The van der Waals surface area contributed by atoms with E-state index in [0.717, 1.165) is 12.1 Å². The van der Waals surface area contributed by atoms with Crippen LogP contribution in [-0.2, 0) is 16.1 Å². The quantitative estimate of drug-likeness (QED) is 0.657. The Kier molecular flexibility index (Phi) is 5.21. The molecule has 4 N–H and O–H groups in total. The van der Waals surface area contributed by atoms with Crippen molar-refractivity contribution < 1.29 is 24.1 Å². The molecule has 0 saturated heterocycles. The lowest BCUT2D eigenvalue weighted by Crippen LogP contribution is -2.30. The van der Waals surface area contributed by atoms with E-state index in [1.54, 1.807) is 6.92 Å². The van der Waals surface area contributed by atoms with Gasteiger partial charge in [-0.15, -0.1) is 0 Å². The smallest absolute Gasteiger partial charge is 0.338 e. The van der Waals surface area contributed by atoms with Crippen molar-refractivity contribution in [1.82, 2.24) is 0 Å².